The van der Waals surface area contributed by atoms with Crippen molar-refractivity contribution >= 4 is 17.3 Å². The molecule has 19 heavy (non-hydrogen) atoms. The molecule has 0 bridgehead atoms. The van der Waals surface area contributed by atoms with Gasteiger partial charge >= 0.3 is 0 Å². The number of nitrogens with one attached hydrogen (secondary N) is 2. The van der Waals surface area contributed by atoms with Crippen molar-refractivity contribution < 1.29 is 8.78 Å². The lowest BCUT2D eigenvalue weighted by molar-refractivity contribution is 0.579. The van der Waals surface area contributed by atoms with Crippen LogP contribution >= 0.6 is 0 Å². The predicted octanol–water partition coefficient (Wildman–Crippen LogP) is 2.95. The van der Waals surface area contributed by atoms with Gasteiger partial charge in [0.05, 0.1) is 0 Å². The van der Waals surface area contributed by atoms with Crippen LogP contribution in [0.15, 0.2) is 30.3 Å². The maximum Gasteiger partial charge on any atom is 0.178 e. The van der Waals surface area contributed by atoms with Crippen LogP contribution in [-0.4, -0.2) is 4.98 Å². The van der Waals surface area contributed by atoms with Crippen LogP contribution in [0.2, 0.25) is 0 Å². The molecule has 100 valence electrons. The molecule has 6 heteroatoms. The fraction of sp³-hybridized carbons (Fsp3) is 0.154. The topological polar surface area (TPSA) is 63.0 Å². The Kier molecular flexibility index (Phi) is 3.91. The Labute approximate surface area is 109 Å². The number of nitrogen functional groups attached to an aromatic ring is 1. The van der Waals surface area contributed by atoms with E-state index in [9.17, 15) is 8.78 Å². The van der Waals surface area contributed by atoms with Crippen LogP contribution in [0.4, 0.5) is 26.1 Å². The van der Waals surface area contributed by atoms with Gasteiger partial charge in [-0.25, -0.2) is 19.6 Å². The van der Waals surface area contributed by atoms with E-state index in [0.29, 0.717) is 5.69 Å². The molecular formula is C13H14F2N4. The van der Waals surface area contributed by atoms with E-state index < -0.39 is 11.6 Å². The predicted molar refractivity (Wildman–Crippen MR) is 71.1 cm³/mol. The molecule has 2 aromatic rings. The van der Waals surface area contributed by atoms with Crippen molar-refractivity contribution in [1.29, 1.82) is 0 Å². The summed E-state index contributed by atoms with van der Waals surface area (Å²) in [4.78, 5) is 3.73. The Morgan fingerprint density at radius 3 is 2.32 bits per heavy atom. The second kappa shape index (κ2) is 5.62. The van der Waals surface area contributed by atoms with Crippen molar-refractivity contribution in [2.75, 3.05) is 10.7 Å². The van der Waals surface area contributed by atoms with E-state index in [2.05, 4.69) is 15.7 Å². The molecule has 0 radical (unpaired) electrons. The van der Waals surface area contributed by atoms with Gasteiger partial charge in [-0.05, 0) is 24.1 Å². The van der Waals surface area contributed by atoms with Gasteiger partial charge in [-0.15, -0.1) is 0 Å². The average molecular weight is 264 g/mol. The minimum Gasteiger partial charge on any atom is -0.338 e. The van der Waals surface area contributed by atoms with Gasteiger partial charge in [-0.1, -0.05) is 19.1 Å². The number of aryl methyl sites for hydroxylation is 1. The third kappa shape index (κ3) is 2.97. The lowest BCUT2D eigenvalue weighted by Gasteiger charge is -2.09. The van der Waals surface area contributed by atoms with E-state index in [1.165, 1.54) is 5.56 Å². The fourth-order valence-electron chi connectivity index (χ4n) is 1.62. The van der Waals surface area contributed by atoms with E-state index in [1.54, 1.807) is 12.1 Å². The van der Waals surface area contributed by atoms with Crippen molar-refractivity contribution in [3.8, 4) is 0 Å². The number of hydrazine groups is 1. The molecule has 0 spiro atoms. The number of rotatable bonds is 4. The third-order valence-corrected chi connectivity index (χ3v) is 2.69. The van der Waals surface area contributed by atoms with Crippen molar-refractivity contribution in [2.45, 2.75) is 13.3 Å². The summed E-state index contributed by atoms with van der Waals surface area (Å²) in [5, 5.41) is 2.78. The normalized spacial score (nSPS) is 10.3. The quantitative estimate of drug-likeness (QED) is 0.587. The largest absolute Gasteiger partial charge is 0.338 e. The van der Waals surface area contributed by atoms with Crippen molar-refractivity contribution in [3.63, 3.8) is 0 Å². The van der Waals surface area contributed by atoms with Crippen LogP contribution in [0, 0.1) is 11.6 Å². The zero-order valence-electron chi connectivity index (χ0n) is 10.4. The number of halogens is 2. The Balaban J connectivity index is 2.26. The van der Waals surface area contributed by atoms with Gasteiger partial charge in [-0.2, -0.15) is 0 Å². The van der Waals surface area contributed by atoms with Crippen molar-refractivity contribution in [3.05, 3.63) is 47.5 Å². The van der Waals surface area contributed by atoms with Gasteiger partial charge in [0.2, 0.25) is 0 Å². The number of anilines is 3. The van der Waals surface area contributed by atoms with Crippen LogP contribution in [0.5, 0.6) is 0 Å². The summed E-state index contributed by atoms with van der Waals surface area (Å²) in [6, 6.07) is 8.18. The van der Waals surface area contributed by atoms with Gasteiger partial charge in [0.15, 0.2) is 23.3 Å². The Morgan fingerprint density at radius 1 is 1.11 bits per heavy atom. The lowest BCUT2D eigenvalue weighted by Crippen LogP contribution is -2.12. The first-order valence-electron chi connectivity index (χ1n) is 5.82. The highest BCUT2D eigenvalue weighted by atomic mass is 19.1. The molecule has 4 nitrogen and oxygen atoms in total. The molecule has 0 unspecified atom stereocenters. The van der Waals surface area contributed by atoms with Crippen LogP contribution in [-0.2, 0) is 6.42 Å². The standard InChI is InChI=1S/C13H14F2N4/c1-2-8-3-5-9(6-4-8)17-12-10(14)7-11(15)13(18-12)19-16/h3-7H,2,16H2,1H3,(H2,17,18,19). The van der Waals surface area contributed by atoms with Crippen LogP contribution in [0.1, 0.15) is 12.5 Å². The first kappa shape index (κ1) is 13.2. The van der Waals surface area contributed by atoms with Crippen molar-refractivity contribution in [1.82, 2.24) is 4.98 Å². The second-order valence-electron chi connectivity index (χ2n) is 3.97. The molecule has 1 aromatic heterocycles. The van der Waals surface area contributed by atoms with Crippen LogP contribution in [0.3, 0.4) is 0 Å². The van der Waals surface area contributed by atoms with E-state index in [1.807, 2.05) is 19.1 Å². The molecule has 0 atom stereocenters. The maximum absolute atomic E-state index is 13.6. The van der Waals surface area contributed by atoms with E-state index in [-0.39, 0.29) is 11.6 Å². The first-order valence-corrected chi connectivity index (χ1v) is 5.82. The highest BCUT2D eigenvalue weighted by Gasteiger charge is 2.11. The van der Waals surface area contributed by atoms with Gasteiger partial charge in [0.25, 0.3) is 0 Å². The number of nitrogens with zero attached hydrogens (tertiary/aromatic N) is 1. The molecule has 4 N–H and O–H groups in total. The molecule has 0 aliphatic carbocycles. The number of hydrogen-bond acceptors (Lipinski definition) is 4. The monoisotopic (exact) mass is 264 g/mol. The molecule has 0 amide bonds. The summed E-state index contributed by atoms with van der Waals surface area (Å²) in [6.45, 7) is 2.04. The Morgan fingerprint density at radius 2 is 1.74 bits per heavy atom. The smallest absolute Gasteiger partial charge is 0.178 e. The number of nitrogens with two attached hydrogens (primary N) is 1. The number of hydrogen-bond donors (Lipinski definition) is 3. The van der Waals surface area contributed by atoms with Gasteiger partial charge in [0, 0.05) is 11.8 Å². The molecule has 1 heterocycles. The van der Waals surface area contributed by atoms with Crippen LogP contribution < -0.4 is 16.6 Å². The zero-order valence-corrected chi connectivity index (χ0v) is 10.4. The summed E-state index contributed by atoms with van der Waals surface area (Å²) in [5.41, 5.74) is 3.91. The first-order chi connectivity index (χ1) is 9.13. The number of aromatic nitrogens is 1. The van der Waals surface area contributed by atoms with Gasteiger partial charge in [0.1, 0.15) is 0 Å². The highest BCUT2D eigenvalue weighted by Crippen LogP contribution is 2.22. The minimum absolute atomic E-state index is 0.0846. The molecule has 0 aliphatic heterocycles. The summed E-state index contributed by atoms with van der Waals surface area (Å²) in [5.74, 6) is 3.18. The van der Waals surface area contributed by atoms with Crippen LogP contribution in [0.25, 0.3) is 0 Å². The fourth-order valence-corrected chi connectivity index (χ4v) is 1.62. The molecule has 2 rings (SSSR count). The number of pyridine rings is 1. The summed E-state index contributed by atoms with van der Waals surface area (Å²) in [7, 11) is 0. The van der Waals surface area contributed by atoms with Gasteiger partial charge in [-0.3, -0.25) is 0 Å². The van der Waals surface area contributed by atoms with E-state index >= 15 is 0 Å². The lowest BCUT2D eigenvalue weighted by atomic mass is 10.1. The molecular weight excluding hydrogens is 250 g/mol. The van der Waals surface area contributed by atoms with Gasteiger partial charge < -0.3 is 10.7 Å². The number of benzene rings is 1. The maximum atomic E-state index is 13.6. The summed E-state index contributed by atoms with van der Waals surface area (Å²) >= 11 is 0. The van der Waals surface area contributed by atoms with Crippen molar-refractivity contribution in [2.24, 2.45) is 5.84 Å². The second-order valence-corrected chi connectivity index (χ2v) is 3.97. The van der Waals surface area contributed by atoms with E-state index in [4.69, 9.17) is 5.84 Å². The highest BCUT2D eigenvalue weighted by molar-refractivity contribution is 5.59. The molecule has 0 fully saturated rings. The zero-order chi connectivity index (χ0) is 13.8. The SMILES string of the molecule is CCc1ccc(Nc2nc(NN)c(F)cc2F)cc1. The molecule has 0 aliphatic rings. The minimum atomic E-state index is -0.841. The summed E-state index contributed by atoms with van der Waals surface area (Å²) in [6.07, 6.45) is 0.921. The molecule has 0 saturated carbocycles. The van der Waals surface area contributed by atoms with E-state index in [0.717, 1.165) is 12.5 Å². The average Bonchev–Trinajstić information content (AvgIpc) is 2.42. The Hall–Kier alpha value is -2.21. The molecule has 1 aromatic carbocycles. The molecule has 0 saturated heterocycles. The third-order valence-electron chi connectivity index (χ3n) is 2.69. The Bertz CT molecular complexity index is 570. The summed E-state index contributed by atoms with van der Waals surface area (Å²) < 4.78 is 26.8.